The molecule has 2 fully saturated rings. The zero-order chi connectivity index (χ0) is 12.0. The van der Waals surface area contributed by atoms with Gasteiger partial charge in [0.05, 0.1) is 0 Å². The molecule has 0 spiro atoms. The monoisotopic (exact) mass is 228 g/mol. The van der Waals surface area contributed by atoms with Crippen molar-refractivity contribution in [2.45, 2.75) is 51.9 Å². The fraction of sp³-hybridized carbons (Fsp3) is 1.00. The Morgan fingerprint density at radius 3 is 0.812 bits per heavy atom. The van der Waals surface area contributed by atoms with Gasteiger partial charge in [-0.05, 0) is 27.7 Å². The Morgan fingerprint density at radius 1 is 0.500 bits per heavy atom. The Morgan fingerprint density at radius 2 is 0.688 bits per heavy atom. The molecule has 2 rings (SSSR count). The summed E-state index contributed by atoms with van der Waals surface area (Å²) in [6.45, 7) is 13.2. The Balaban J connectivity index is 0.000000160. The summed E-state index contributed by atoms with van der Waals surface area (Å²) in [6.07, 6.45) is 0. The van der Waals surface area contributed by atoms with Gasteiger partial charge in [-0.2, -0.15) is 0 Å². The van der Waals surface area contributed by atoms with E-state index in [1.54, 1.807) is 0 Å². The second kappa shape index (κ2) is 7.22. The zero-order valence-electron chi connectivity index (χ0n) is 11.1. The van der Waals surface area contributed by atoms with Crippen LogP contribution in [0.2, 0.25) is 0 Å². The molecule has 0 aromatic rings. The predicted molar refractivity (Wildman–Crippen MR) is 69.9 cm³/mol. The molecule has 4 atom stereocenters. The lowest BCUT2D eigenvalue weighted by atomic mass is 10.2. The first-order valence-corrected chi connectivity index (χ1v) is 6.51. The summed E-state index contributed by atoms with van der Waals surface area (Å²) in [7, 11) is 0. The Labute approximate surface area is 99.9 Å². The van der Waals surface area contributed by atoms with Crippen LogP contribution < -0.4 is 21.3 Å². The molecule has 0 aromatic heterocycles. The standard InChI is InChI=1S/2C6H14N2/c2*1-5-3-8-6(2)4-7-5/h2*5-8H,3-4H2,1-2H3/t2*5-,6+. The molecule has 4 N–H and O–H groups in total. The molecule has 4 heteroatoms. The van der Waals surface area contributed by atoms with E-state index in [-0.39, 0.29) is 0 Å². The van der Waals surface area contributed by atoms with E-state index in [9.17, 15) is 0 Å². The quantitative estimate of drug-likeness (QED) is 0.468. The van der Waals surface area contributed by atoms with Crippen molar-refractivity contribution in [3.63, 3.8) is 0 Å². The summed E-state index contributed by atoms with van der Waals surface area (Å²) in [4.78, 5) is 0. The molecule has 2 heterocycles. The summed E-state index contributed by atoms with van der Waals surface area (Å²) in [5.74, 6) is 0. The van der Waals surface area contributed by atoms with Crippen molar-refractivity contribution in [1.29, 1.82) is 0 Å². The molecule has 2 aliphatic rings. The fourth-order valence-electron chi connectivity index (χ4n) is 1.80. The highest BCUT2D eigenvalue weighted by molar-refractivity contribution is 4.77. The van der Waals surface area contributed by atoms with Crippen molar-refractivity contribution in [2.24, 2.45) is 0 Å². The molecular weight excluding hydrogens is 200 g/mol. The van der Waals surface area contributed by atoms with Gasteiger partial charge in [0.2, 0.25) is 0 Å². The van der Waals surface area contributed by atoms with Crippen molar-refractivity contribution in [2.75, 3.05) is 26.2 Å². The van der Waals surface area contributed by atoms with E-state index in [0.29, 0.717) is 24.2 Å². The van der Waals surface area contributed by atoms with Gasteiger partial charge < -0.3 is 21.3 Å². The molecule has 0 unspecified atom stereocenters. The largest absolute Gasteiger partial charge is 0.311 e. The van der Waals surface area contributed by atoms with Gasteiger partial charge >= 0.3 is 0 Å². The average molecular weight is 228 g/mol. The highest BCUT2D eigenvalue weighted by atomic mass is 15.1. The number of hydrogen-bond acceptors (Lipinski definition) is 4. The van der Waals surface area contributed by atoms with E-state index >= 15 is 0 Å². The van der Waals surface area contributed by atoms with Gasteiger partial charge in [-0.25, -0.2) is 0 Å². The number of rotatable bonds is 0. The summed E-state index contributed by atoms with van der Waals surface area (Å²) in [5.41, 5.74) is 0. The van der Waals surface area contributed by atoms with Crippen LogP contribution in [0.4, 0.5) is 0 Å². The van der Waals surface area contributed by atoms with Crippen LogP contribution >= 0.6 is 0 Å². The minimum atomic E-state index is 0.659. The summed E-state index contributed by atoms with van der Waals surface area (Å²) >= 11 is 0. The lowest BCUT2D eigenvalue weighted by molar-refractivity contribution is 0.376. The van der Waals surface area contributed by atoms with Crippen molar-refractivity contribution in [3.8, 4) is 0 Å². The summed E-state index contributed by atoms with van der Waals surface area (Å²) in [5, 5.41) is 13.5. The van der Waals surface area contributed by atoms with E-state index in [1.165, 1.54) is 0 Å². The maximum absolute atomic E-state index is 3.37. The van der Waals surface area contributed by atoms with Gasteiger partial charge in [0, 0.05) is 50.3 Å². The predicted octanol–water partition coefficient (Wildman–Crippen LogP) is -0.0876. The first-order chi connectivity index (χ1) is 7.58. The molecule has 0 aliphatic carbocycles. The number of hydrogen-bond donors (Lipinski definition) is 4. The molecule has 0 radical (unpaired) electrons. The van der Waals surface area contributed by atoms with E-state index in [1.807, 2.05) is 0 Å². The topological polar surface area (TPSA) is 48.1 Å². The van der Waals surface area contributed by atoms with Crippen LogP contribution in [0, 0.1) is 0 Å². The molecule has 2 saturated heterocycles. The zero-order valence-corrected chi connectivity index (χ0v) is 11.1. The van der Waals surface area contributed by atoms with Gasteiger partial charge in [0.25, 0.3) is 0 Å². The normalized spacial score (nSPS) is 39.8. The summed E-state index contributed by atoms with van der Waals surface area (Å²) in [6, 6.07) is 2.63. The van der Waals surface area contributed by atoms with Crippen LogP contribution in [-0.4, -0.2) is 50.3 Å². The van der Waals surface area contributed by atoms with Gasteiger partial charge in [-0.1, -0.05) is 0 Å². The third-order valence-corrected chi connectivity index (χ3v) is 3.09. The second-order valence-corrected chi connectivity index (χ2v) is 5.24. The Kier molecular flexibility index (Phi) is 6.28. The molecule has 96 valence electrons. The van der Waals surface area contributed by atoms with Crippen molar-refractivity contribution in [1.82, 2.24) is 21.3 Å². The van der Waals surface area contributed by atoms with Crippen LogP contribution in [0.15, 0.2) is 0 Å². The third kappa shape index (κ3) is 5.80. The Bertz CT molecular complexity index is 130. The van der Waals surface area contributed by atoms with E-state index in [4.69, 9.17) is 0 Å². The first-order valence-electron chi connectivity index (χ1n) is 6.51. The fourth-order valence-corrected chi connectivity index (χ4v) is 1.80. The molecule has 0 saturated carbocycles. The molecule has 0 amide bonds. The SMILES string of the molecule is C[C@@H]1CN[C@@H](C)CN1.C[C@@H]1CN[C@@H](C)CN1. The third-order valence-electron chi connectivity index (χ3n) is 3.09. The maximum atomic E-state index is 3.37. The highest BCUT2D eigenvalue weighted by Gasteiger charge is 2.11. The number of piperazine rings is 2. The Hall–Kier alpha value is -0.160. The molecule has 4 nitrogen and oxygen atoms in total. The van der Waals surface area contributed by atoms with Crippen molar-refractivity contribution in [3.05, 3.63) is 0 Å². The molecule has 0 bridgehead atoms. The maximum Gasteiger partial charge on any atom is 0.0164 e. The van der Waals surface area contributed by atoms with Crippen molar-refractivity contribution < 1.29 is 0 Å². The van der Waals surface area contributed by atoms with Crippen LogP contribution in [-0.2, 0) is 0 Å². The van der Waals surface area contributed by atoms with Crippen LogP contribution in [0.25, 0.3) is 0 Å². The number of nitrogens with one attached hydrogen (secondary N) is 4. The minimum absolute atomic E-state index is 0.659. The lowest BCUT2D eigenvalue weighted by Crippen LogP contribution is -2.51. The van der Waals surface area contributed by atoms with E-state index in [2.05, 4.69) is 49.0 Å². The van der Waals surface area contributed by atoms with Gasteiger partial charge in [0.1, 0.15) is 0 Å². The van der Waals surface area contributed by atoms with Crippen molar-refractivity contribution >= 4 is 0 Å². The highest BCUT2D eigenvalue weighted by Crippen LogP contribution is 1.90. The molecule has 16 heavy (non-hydrogen) atoms. The van der Waals surface area contributed by atoms with Crippen LogP contribution in [0.1, 0.15) is 27.7 Å². The molecule has 0 aromatic carbocycles. The molecule has 2 aliphatic heterocycles. The lowest BCUT2D eigenvalue weighted by Gasteiger charge is -2.26. The summed E-state index contributed by atoms with van der Waals surface area (Å²) < 4.78 is 0. The average Bonchev–Trinajstić information content (AvgIpc) is 2.28. The van der Waals surface area contributed by atoms with Crippen LogP contribution in [0.3, 0.4) is 0 Å². The van der Waals surface area contributed by atoms with E-state index < -0.39 is 0 Å². The van der Waals surface area contributed by atoms with Crippen LogP contribution in [0.5, 0.6) is 0 Å². The molecular formula is C12H28N4. The smallest absolute Gasteiger partial charge is 0.0164 e. The minimum Gasteiger partial charge on any atom is -0.311 e. The first kappa shape index (κ1) is 13.9. The van der Waals surface area contributed by atoms with Gasteiger partial charge in [0.15, 0.2) is 0 Å². The second-order valence-electron chi connectivity index (χ2n) is 5.24. The van der Waals surface area contributed by atoms with E-state index in [0.717, 1.165) is 26.2 Å². The van der Waals surface area contributed by atoms with Gasteiger partial charge in [-0.15, -0.1) is 0 Å². The van der Waals surface area contributed by atoms with Gasteiger partial charge in [-0.3, -0.25) is 0 Å².